The molecule has 2 aliphatic heterocycles. The van der Waals surface area contributed by atoms with Crippen LogP contribution in [0.1, 0.15) is 37.7 Å². The number of rotatable bonds is 6. The van der Waals surface area contributed by atoms with Gasteiger partial charge in [-0.2, -0.15) is 0 Å². The van der Waals surface area contributed by atoms with Gasteiger partial charge in [-0.1, -0.05) is 12.1 Å². The number of nitrogens with one attached hydrogen (secondary N) is 1. The van der Waals surface area contributed by atoms with Gasteiger partial charge in [0.15, 0.2) is 0 Å². The van der Waals surface area contributed by atoms with Crippen molar-refractivity contribution in [3.63, 3.8) is 0 Å². The summed E-state index contributed by atoms with van der Waals surface area (Å²) in [6, 6.07) is 7.55. The van der Waals surface area contributed by atoms with E-state index in [1.807, 2.05) is 29.2 Å². The Bertz CT molecular complexity index is 636. The summed E-state index contributed by atoms with van der Waals surface area (Å²) in [6.45, 7) is 2.84. The highest BCUT2D eigenvalue weighted by Gasteiger charge is 2.21. The first-order chi connectivity index (χ1) is 12.1. The summed E-state index contributed by atoms with van der Waals surface area (Å²) in [5.41, 5.74) is 1.79. The molecule has 0 aromatic heterocycles. The fourth-order valence-electron chi connectivity index (χ4n) is 3.40. The Morgan fingerprint density at radius 3 is 2.36 bits per heavy atom. The van der Waals surface area contributed by atoms with Crippen LogP contribution in [-0.2, 0) is 20.8 Å². The lowest BCUT2D eigenvalue weighted by Gasteiger charge is -2.16. The Morgan fingerprint density at radius 2 is 1.72 bits per heavy atom. The highest BCUT2D eigenvalue weighted by molar-refractivity contribution is 5.95. The van der Waals surface area contributed by atoms with E-state index < -0.39 is 0 Å². The minimum atomic E-state index is -0.0841. The van der Waals surface area contributed by atoms with Crippen molar-refractivity contribution >= 4 is 23.4 Å². The molecule has 2 heterocycles. The molecule has 2 fully saturated rings. The molecule has 1 N–H and O–H groups in total. The third-order valence-corrected chi connectivity index (χ3v) is 4.81. The second-order valence-corrected chi connectivity index (χ2v) is 6.68. The van der Waals surface area contributed by atoms with E-state index in [2.05, 4.69) is 5.32 Å². The van der Waals surface area contributed by atoms with E-state index in [4.69, 9.17) is 0 Å². The number of anilines is 1. The SMILES string of the molecule is O=C(Cc1ccc(N2CCCC2=O)cc1)NCCC(=O)N1CCCC1. The maximum atomic E-state index is 12.0. The number of hydrogen-bond acceptors (Lipinski definition) is 3. The molecule has 0 aliphatic carbocycles. The molecular formula is C19H25N3O3. The number of likely N-dealkylation sites (tertiary alicyclic amines) is 1. The van der Waals surface area contributed by atoms with Crippen LogP contribution in [0.5, 0.6) is 0 Å². The zero-order valence-corrected chi connectivity index (χ0v) is 14.5. The largest absolute Gasteiger partial charge is 0.355 e. The topological polar surface area (TPSA) is 69.7 Å². The lowest BCUT2D eigenvalue weighted by molar-refractivity contribution is -0.130. The van der Waals surface area contributed by atoms with E-state index in [1.165, 1.54) is 0 Å². The van der Waals surface area contributed by atoms with E-state index in [9.17, 15) is 14.4 Å². The van der Waals surface area contributed by atoms with E-state index in [0.717, 1.165) is 50.1 Å². The Morgan fingerprint density at radius 1 is 1.00 bits per heavy atom. The number of benzene rings is 1. The molecule has 134 valence electrons. The maximum absolute atomic E-state index is 12.0. The van der Waals surface area contributed by atoms with Crippen LogP contribution in [0.15, 0.2) is 24.3 Å². The van der Waals surface area contributed by atoms with Crippen molar-refractivity contribution in [1.82, 2.24) is 10.2 Å². The Labute approximate surface area is 148 Å². The normalized spacial score (nSPS) is 17.2. The Hall–Kier alpha value is -2.37. The van der Waals surface area contributed by atoms with Gasteiger partial charge in [-0.25, -0.2) is 0 Å². The van der Waals surface area contributed by atoms with Gasteiger partial charge in [-0.15, -0.1) is 0 Å². The summed E-state index contributed by atoms with van der Waals surface area (Å²) in [5, 5.41) is 2.81. The molecule has 0 bridgehead atoms. The van der Waals surface area contributed by atoms with Crippen LogP contribution in [0.25, 0.3) is 0 Å². The zero-order chi connectivity index (χ0) is 17.6. The van der Waals surface area contributed by atoms with Crippen LogP contribution in [0.2, 0.25) is 0 Å². The van der Waals surface area contributed by atoms with Gasteiger partial charge in [0, 0.05) is 44.7 Å². The molecule has 0 atom stereocenters. The Balaban J connectivity index is 1.41. The van der Waals surface area contributed by atoms with Crippen molar-refractivity contribution in [2.75, 3.05) is 31.1 Å². The summed E-state index contributed by atoms with van der Waals surface area (Å²) >= 11 is 0. The van der Waals surface area contributed by atoms with Gasteiger partial charge in [0.05, 0.1) is 6.42 Å². The lowest BCUT2D eigenvalue weighted by Crippen LogP contribution is -2.33. The first kappa shape index (κ1) is 17.5. The summed E-state index contributed by atoms with van der Waals surface area (Å²) in [6.07, 6.45) is 4.32. The molecule has 6 nitrogen and oxygen atoms in total. The van der Waals surface area contributed by atoms with Crippen LogP contribution in [0.4, 0.5) is 5.69 Å². The van der Waals surface area contributed by atoms with Gasteiger partial charge in [0.25, 0.3) is 0 Å². The fraction of sp³-hybridized carbons (Fsp3) is 0.526. The van der Waals surface area contributed by atoms with Crippen molar-refractivity contribution in [3.05, 3.63) is 29.8 Å². The standard InChI is InChI=1S/C19H25N3O3/c23-17(20-10-9-18(24)21-11-1-2-12-21)14-15-5-7-16(8-6-15)22-13-3-4-19(22)25/h5-8H,1-4,9-14H2,(H,20,23). The number of carbonyl (C=O) groups excluding carboxylic acids is 3. The third-order valence-electron chi connectivity index (χ3n) is 4.81. The monoisotopic (exact) mass is 343 g/mol. The maximum Gasteiger partial charge on any atom is 0.227 e. The number of hydrogen-bond donors (Lipinski definition) is 1. The second-order valence-electron chi connectivity index (χ2n) is 6.68. The van der Waals surface area contributed by atoms with Crippen LogP contribution >= 0.6 is 0 Å². The van der Waals surface area contributed by atoms with Crippen molar-refractivity contribution in [3.8, 4) is 0 Å². The van der Waals surface area contributed by atoms with Crippen LogP contribution < -0.4 is 10.2 Å². The molecule has 2 aliphatic rings. The molecule has 0 radical (unpaired) electrons. The molecule has 0 spiro atoms. The van der Waals surface area contributed by atoms with E-state index >= 15 is 0 Å². The van der Waals surface area contributed by atoms with Crippen molar-refractivity contribution in [1.29, 1.82) is 0 Å². The highest BCUT2D eigenvalue weighted by Crippen LogP contribution is 2.21. The molecule has 25 heavy (non-hydrogen) atoms. The summed E-state index contributed by atoms with van der Waals surface area (Å²) in [5.74, 6) is 0.199. The number of nitrogens with zero attached hydrogens (tertiary/aromatic N) is 2. The van der Waals surface area contributed by atoms with Crippen LogP contribution in [0.3, 0.4) is 0 Å². The first-order valence-electron chi connectivity index (χ1n) is 9.07. The first-order valence-corrected chi connectivity index (χ1v) is 9.07. The summed E-state index contributed by atoms with van der Waals surface area (Å²) in [4.78, 5) is 39.3. The molecule has 3 rings (SSSR count). The van der Waals surface area contributed by atoms with Gasteiger partial charge < -0.3 is 15.1 Å². The average Bonchev–Trinajstić information content (AvgIpc) is 3.27. The number of carbonyl (C=O) groups is 3. The number of amides is 3. The minimum absolute atomic E-state index is 0.0841. The third kappa shape index (κ3) is 4.59. The molecule has 6 heteroatoms. The summed E-state index contributed by atoms with van der Waals surface area (Å²) in [7, 11) is 0. The van der Waals surface area contributed by atoms with Crippen molar-refractivity contribution in [2.24, 2.45) is 0 Å². The molecule has 0 saturated carbocycles. The van der Waals surface area contributed by atoms with Gasteiger partial charge in [0.1, 0.15) is 0 Å². The van der Waals surface area contributed by atoms with E-state index in [1.54, 1.807) is 4.90 Å². The summed E-state index contributed by atoms with van der Waals surface area (Å²) < 4.78 is 0. The Kier molecular flexibility index (Phi) is 5.68. The predicted octanol–water partition coefficient (Wildman–Crippen LogP) is 1.48. The van der Waals surface area contributed by atoms with Gasteiger partial charge in [-0.3, -0.25) is 14.4 Å². The molecule has 0 unspecified atom stereocenters. The smallest absolute Gasteiger partial charge is 0.227 e. The quantitative estimate of drug-likeness (QED) is 0.851. The molecule has 2 saturated heterocycles. The molecular weight excluding hydrogens is 318 g/mol. The predicted molar refractivity (Wildman–Crippen MR) is 95.2 cm³/mol. The minimum Gasteiger partial charge on any atom is -0.355 e. The lowest BCUT2D eigenvalue weighted by atomic mass is 10.1. The zero-order valence-electron chi connectivity index (χ0n) is 14.5. The highest BCUT2D eigenvalue weighted by atomic mass is 16.2. The average molecular weight is 343 g/mol. The van der Waals surface area contributed by atoms with E-state index in [-0.39, 0.29) is 24.1 Å². The van der Waals surface area contributed by atoms with Gasteiger partial charge in [0.2, 0.25) is 17.7 Å². The van der Waals surface area contributed by atoms with Crippen LogP contribution in [0, 0.1) is 0 Å². The molecule has 3 amide bonds. The van der Waals surface area contributed by atoms with Crippen molar-refractivity contribution in [2.45, 2.75) is 38.5 Å². The second kappa shape index (κ2) is 8.14. The van der Waals surface area contributed by atoms with Crippen LogP contribution in [-0.4, -0.2) is 48.8 Å². The van der Waals surface area contributed by atoms with E-state index in [0.29, 0.717) is 19.4 Å². The molecule has 1 aromatic rings. The van der Waals surface area contributed by atoms with Gasteiger partial charge in [-0.05, 0) is 37.0 Å². The van der Waals surface area contributed by atoms with Gasteiger partial charge >= 0.3 is 0 Å². The van der Waals surface area contributed by atoms with Crippen molar-refractivity contribution < 1.29 is 14.4 Å². The molecule has 1 aromatic carbocycles. The fourth-order valence-corrected chi connectivity index (χ4v) is 3.40.